The smallest absolute Gasteiger partial charge is 0.165 e. The molecule has 3 heterocycles. The second-order valence-corrected chi connectivity index (χ2v) is 6.69. The summed E-state index contributed by atoms with van der Waals surface area (Å²) < 4.78 is 0. The molecule has 2 aromatic rings. The highest BCUT2D eigenvalue weighted by Crippen LogP contribution is 2.36. The van der Waals surface area contributed by atoms with Crippen molar-refractivity contribution in [1.82, 2.24) is 14.9 Å². The lowest BCUT2D eigenvalue weighted by molar-refractivity contribution is 0.0964. The van der Waals surface area contributed by atoms with Crippen LogP contribution in [0.15, 0.2) is 36.7 Å². The molecular formula is C18H22N4O. The van der Waals surface area contributed by atoms with Gasteiger partial charge in [-0.25, -0.2) is 4.98 Å². The highest BCUT2D eigenvalue weighted by atomic mass is 16.1. The Kier molecular flexibility index (Phi) is 3.65. The fourth-order valence-corrected chi connectivity index (χ4v) is 3.78. The average Bonchev–Trinajstić information content (AvgIpc) is 3.04. The molecule has 4 rings (SSSR count). The Bertz CT molecular complexity index is 687. The van der Waals surface area contributed by atoms with Crippen LogP contribution in [0.5, 0.6) is 0 Å². The predicted octanol–water partition coefficient (Wildman–Crippen LogP) is 2.83. The zero-order valence-corrected chi connectivity index (χ0v) is 13.2. The monoisotopic (exact) mass is 310 g/mol. The third-order valence-electron chi connectivity index (χ3n) is 5.20. The number of hydrogen-bond donors (Lipinski definition) is 2. The number of carbonyl (C=O) groups is 1. The van der Waals surface area contributed by atoms with Crippen LogP contribution in [0.1, 0.15) is 41.9 Å². The Hall–Kier alpha value is -2.14. The second kappa shape index (κ2) is 5.81. The molecule has 0 unspecified atom stereocenters. The second-order valence-electron chi connectivity index (χ2n) is 6.69. The molecule has 2 aliphatic heterocycles. The number of nitrogens with zero attached hydrogens (tertiary/aromatic N) is 2. The van der Waals surface area contributed by atoms with Crippen LogP contribution in [0.2, 0.25) is 0 Å². The number of aromatic nitrogens is 2. The maximum Gasteiger partial charge on any atom is 0.165 e. The topological polar surface area (TPSA) is 61.0 Å². The van der Waals surface area contributed by atoms with Crippen LogP contribution < -0.4 is 5.32 Å². The molecule has 5 nitrogen and oxygen atoms in total. The number of aromatic amines is 1. The molecule has 1 fully saturated rings. The minimum atomic E-state index is 0.0575. The average molecular weight is 310 g/mol. The number of Topliss-reactive ketones (excluding diaryl/α,β-unsaturated/α-hetero) is 1. The fraction of sp³-hybridized carbons (Fsp3) is 0.444. The number of benzene rings is 1. The van der Waals surface area contributed by atoms with Crippen molar-refractivity contribution in [3.05, 3.63) is 48.0 Å². The molecule has 120 valence electrons. The number of nitrogens with one attached hydrogen (secondary N) is 2. The standard InChI is InChI=1S/C18H22N4O/c23-16-5-6-18(21-15-4-2-1-3-14(15)16)7-11-22(12-8-18)13-17-19-9-10-20-17/h1-4,9-10,21H,5-8,11-13H2,(H,19,20). The third-order valence-corrected chi connectivity index (χ3v) is 5.20. The first-order valence-corrected chi connectivity index (χ1v) is 8.35. The van der Waals surface area contributed by atoms with E-state index in [0.29, 0.717) is 6.42 Å². The van der Waals surface area contributed by atoms with Crippen LogP contribution in [-0.2, 0) is 6.54 Å². The summed E-state index contributed by atoms with van der Waals surface area (Å²) in [6.45, 7) is 2.94. The van der Waals surface area contributed by atoms with Crippen LogP contribution in [0.3, 0.4) is 0 Å². The van der Waals surface area contributed by atoms with Crippen LogP contribution in [-0.4, -0.2) is 39.3 Å². The third kappa shape index (κ3) is 2.88. The number of fused-ring (bicyclic) bond motifs is 1. The molecule has 0 bridgehead atoms. The predicted molar refractivity (Wildman–Crippen MR) is 89.5 cm³/mol. The Morgan fingerprint density at radius 2 is 2.00 bits per heavy atom. The number of ketones is 1. The molecule has 1 aromatic carbocycles. The SMILES string of the molecule is O=C1CCC2(CCN(Cc3ncc[nH]3)CC2)Nc2ccccc21. The van der Waals surface area contributed by atoms with E-state index >= 15 is 0 Å². The first kappa shape index (κ1) is 14.5. The molecule has 0 aliphatic carbocycles. The van der Waals surface area contributed by atoms with Gasteiger partial charge in [0.15, 0.2) is 5.78 Å². The first-order chi connectivity index (χ1) is 11.2. The molecular weight excluding hydrogens is 288 g/mol. The van der Waals surface area contributed by atoms with Crippen LogP contribution in [0, 0.1) is 0 Å². The van der Waals surface area contributed by atoms with Gasteiger partial charge in [-0.05, 0) is 31.4 Å². The van der Waals surface area contributed by atoms with Crippen molar-refractivity contribution in [1.29, 1.82) is 0 Å². The summed E-state index contributed by atoms with van der Waals surface area (Å²) in [7, 11) is 0. The van der Waals surface area contributed by atoms with Gasteiger partial charge < -0.3 is 10.3 Å². The molecule has 0 amide bonds. The van der Waals surface area contributed by atoms with Gasteiger partial charge in [-0.15, -0.1) is 0 Å². The first-order valence-electron chi connectivity index (χ1n) is 8.35. The van der Waals surface area contributed by atoms with Gasteiger partial charge in [0.1, 0.15) is 5.82 Å². The maximum absolute atomic E-state index is 12.3. The van der Waals surface area contributed by atoms with Crippen molar-refractivity contribution < 1.29 is 4.79 Å². The number of rotatable bonds is 2. The minimum absolute atomic E-state index is 0.0575. The van der Waals surface area contributed by atoms with Crippen LogP contribution in [0.4, 0.5) is 5.69 Å². The van der Waals surface area contributed by atoms with Crippen LogP contribution in [0.25, 0.3) is 0 Å². The largest absolute Gasteiger partial charge is 0.379 e. The number of anilines is 1. The van der Waals surface area contributed by atoms with E-state index in [4.69, 9.17) is 0 Å². The molecule has 2 aliphatic rings. The molecule has 1 spiro atoms. The van der Waals surface area contributed by atoms with Crippen LogP contribution >= 0.6 is 0 Å². The molecule has 0 radical (unpaired) electrons. The van der Waals surface area contributed by atoms with E-state index in [1.165, 1.54) is 0 Å². The lowest BCUT2D eigenvalue weighted by Crippen LogP contribution is -2.48. The molecule has 5 heteroatoms. The Balaban J connectivity index is 1.47. The highest BCUT2D eigenvalue weighted by Gasteiger charge is 2.37. The number of hydrogen-bond acceptors (Lipinski definition) is 4. The summed E-state index contributed by atoms with van der Waals surface area (Å²) in [6.07, 6.45) is 7.37. The molecule has 23 heavy (non-hydrogen) atoms. The van der Waals surface area contributed by atoms with Gasteiger partial charge in [-0.2, -0.15) is 0 Å². The molecule has 0 saturated carbocycles. The number of carbonyl (C=O) groups excluding carboxylic acids is 1. The van der Waals surface area contributed by atoms with Gasteiger partial charge in [0.2, 0.25) is 0 Å². The van der Waals surface area contributed by atoms with Gasteiger partial charge in [0.25, 0.3) is 0 Å². The molecule has 1 saturated heterocycles. The summed E-state index contributed by atoms with van der Waals surface area (Å²) in [5.74, 6) is 1.29. The van der Waals surface area contributed by atoms with Gasteiger partial charge in [-0.3, -0.25) is 9.69 Å². The zero-order chi connectivity index (χ0) is 15.7. The van der Waals surface area contributed by atoms with Crippen molar-refractivity contribution in [2.24, 2.45) is 0 Å². The molecule has 1 aromatic heterocycles. The van der Waals surface area contributed by atoms with E-state index in [-0.39, 0.29) is 11.3 Å². The summed E-state index contributed by atoms with van der Waals surface area (Å²) in [6, 6.07) is 7.93. The lowest BCUT2D eigenvalue weighted by atomic mass is 9.83. The highest BCUT2D eigenvalue weighted by molar-refractivity contribution is 6.02. The number of likely N-dealkylation sites (tertiary alicyclic amines) is 1. The van der Waals surface area contributed by atoms with Crippen molar-refractivity contribution >= 4 is 11.5 Å². The number of piperidine rings is 1. The Morgan fingerprint density at radius 1 is 1.17 bits per heavy atom. The van der Waals surface area contributed by atoms with E-state index in [9.17, 15) is 4.79 Å². The normalized spacial score (nSPS) is 20.8. The molecule has 0 atom stereocenters. The van der Waals surface area contributed by atoms with E-state index < -0.39 is 0 Å². The van der Waals surface area contributed by atoms with E-state index in [0.717, 1.165) is 56.0 Å². The number of para-hydroxylation sites is 1. The Morgan fingerprint density at radius 3 is 2.78 bits per heavy atom. The summed E-state index contributed by atoms with van der Waals surface area (Å²) >= 11 is 0. The van der Waals surface area contributed by atoms with Crippen molar-refractivity contribution in [3.8, 4) is 0 Å². The zero-order valence-electron chi connectivity index (χ0n) is 13.2. The number of H-pyrrole nitrogens is 1. The van der Waals surface area contributed by atoms with E-state index in [1.807, 2.05) is 30.5 Å². The summed E-state index contributed by atoms with van der Waals surface area (Å²) in [5.41, 5.74) is 1.92. The molecule has 2 N–H and O–H groups in total. The van der Waals surface area contributed by atoms with Crippen molar-refractivity contribution in [2.45, 2.75) is 37.8 Å². The van der Waals surface area contributed by atoms with E-state index in [2.05, 4.69) is 20.2 Å². The quantitative estimate of drug-likeness (QED) is 0.895. The Labute approximate surface area is 136 Å². The van der Waals surface area contributed by atoms with Gasteiger partial charge in [0, 0.05) is 48.7 Å². The summed E-state index contributed by atoms with van der Waals surface area (Å²) in [5, 5.41) is 3.71. The minimum Gasteiger partial charge on any atom is -0.379 e. The number of imidazole rings is 1. The van der Waals surface area contributed by atoms with Crippen molar-refractivity contribution in [3.63, 3.8) is 0 Å². The van der Waals surface area contributed by atoms with Crippen molar-refractivity contribution in [2.75, 3.05) is 18.4 Å². The van der Waals surface area contributed by atoms with Gasteiger partial charge in [0.05, 0.1) is 6.54 Å². The van der Waals surface area contributed by atoms with Gasteiger partial charge in [-0.1, -0.05) is 12.1 Å². The maximum atomic E-state index is 12.3. The van der Waals surface area contributed by atoms with E-state index in [1.54, 1.807) is 6.20 Å². The van der Waals surface area contributed by atoms with Gasteiger partial charge >= 0.3 is 0 Å². The summed E-state index contributed by atoms with van der Waals surface area (Å²) in [4.78, 5) is 22.3. The lowest BCUT2D eigenvalue weighted by Gasteiger charge is -2.42. The fourth-order valence-electron chi connectivity index (χ4n) is 3.78.